The molecule has 0 aromatic rings. The largest absolute Gasteiger partial charge is 0.394 e. The van der Waals surface area contributed by atoms with Crippen molar-refractivity contribution in [2.24, 2.45) is 0 Å². The zero-order valence-corrected chi connectivity index (χ0v) is 30.4. The van der Waals surface area contributed by atoms with Crippen molar-refractivity contribution in [2.45, 2.75) is 210 Å². The molecule has 48 heavy (non-hydrogen) atoms. The highest BCUT2D eigenvalue weighted by Gasteiger charge is 2.44. The van der Waals surface area contributed by atoms with Crippen molar-refractivity contribution in [3.63, 3.8) is 0 Å². The molecule has 0 bridgehead atoms. The van der Waals surface area contributed by atoms with Gasteiger partial charge in [-0.1, -0.05) is 154 Å². The molecule has 7 N–H and O–H groups in total. The van der Waals surface area contributed by atoms with Crippen molar-refractivity contribution in [2.75, 3.05) is 13.2 Å². The highest BCUT2D eigenvalue weighted by Crippen LogP contribution is 2.22. The maximum Gasteiger partial charge on any atom is 0.249 e. The first kappa shape index (κ1) is 44.9. The lowest BCUT2D eigenvalue weighted by atomic mass is 9.99. The van der Waals surface area contributed by atoms with E-state index >= 15 is 0 Å². The van der Waals surface area contributed by atoms with E-state index in [4.69, 9.17) is 9.47 Å². The van der Waals surface area contributed by atoms with Crippen molar-refractivity contribution < 1.29 is 44.9 Å². The van der Waals surface area contributed by atoms with Crippen LogP contribution in [0.15, 0.2) is 12.2 Å². The van der Waals surface area contributed by atoms with E-state index in [2.05, 4.69) is 19.2 Å². The Kier molecular flexibility index (Phi) is 27.7. The van der Waals surface area contributed by atoms with E-state index in [9.17, 15) is 35.4 Å². The Balaban J connectivity index is 2.51. The fraction of sp³-hybridized carbons (Fsp3) is 0.921. The first-order valence-corrected chi connectivity index (χ1v) is 19.5. The second-order valence-electron chi connectivity index (χ2n) is 13.9. The van der Waals surface area contributed by atoms with E-state index in [0.717, 1.165) is 44.9 Å². The first-order valence-electron chi connectivity index (χ1n) is 19.5. The van der Waals surface area contributed by atoms with Gasteiger partial charge in [0.25, 0.3) is 0 Å². The Bertz CT molecular complexity index is 783. The summed E-state index contributed by atoms with van der Waals surface area (Å²) in [6.07, 6.45) is 20.3. The van der Waals surface area contributed by atoms with E-state index in [1.165, 1.54) is 96.3 Å². The number of carbonyl (C=O) groups is 1. The van der Waals surface area contributed by atoms with Gasteiger partial charge < -0.3 is 45.4 Å². The normalized spacial score (nSPS) is 23.4. The predicted molar refractivity (Wildman–Crippen MR) is 190 cm³/mol. The molecule has 0 aliphatic carbocycles. The van der Waals surface area contributed by atoms with Crippen LogP contribution in [0.4, 0.5) is 0 Å². The van der Waals surface area contributed by atoms with Crippen LogP contribution >= 0.6 is 0 Å². The molecule has 1 saturated heterocycles. The average molecular weight is 688 g/mol. The number of unbranched alkanes of at least 4 members (excludes halogenated alkanes) is 20. The van der Waals surface area contributed by atoms with Gasteiger partial charge in [0.15, 0.2) is 6.29 Å². The fourth-order valence-electron chi connectivity index (χ4n) is 6.16. The number of nitrogens with one attached hydrogen (secondary N) is 1. The molecule has 0 saturated carbocycles. The average Bonchev–Trinajstić information content (AvgIpc) is 3.08. The van der Waals surface area contributed by atoms with Crippen LogP contribution in [0.3, 0.4) is 0 Å². The van der Waals surface area contributed by atoms with Gasteiger partial charge in [0.05, 0.1) is 25.4 Å². The van der Waals surface area contributed by atoms with Crippen LogP contribution < -0.4 is 5.32 Å². The third-order valence-electron chi connectivity index (χ3n) is 9.47. The van der Waals surface area contributed by atoms with E-state index < -0.39 is 61.5 Å². The summed E-state index contributed by atoms with van der Waals surface area (Å²) in [5.74, 6) is -0.621. The molecule has 8 atom stereocenters. The Morgan fingerprint density at radius 2 is 1.19 bits per heavy atom. The molecule has 1 aliphatic rings. The van der Waals surface area contributed by atoms with Crippen LogP contribution in [0.25, 0.3) is 0 Å². The van der Waals surface area contributed by atoms with E-state index in [1.807, 2.05) is 6.08 Å². The van der Waals surface area contributed by atoms with Gasteiger partial charge in [-0.15, -0.1) is 0 Å². The second-order valence-corrected chi connectivity index (χ2v) is 13.9. The molecular formula is C38H73NO9. The van der Waals surface area contributed by atoms with Crippen LogP contribution in [0.1, 0.15) is 162 Å². The van der Waals surface area contributed by atoms with Gasteiger partial charge in [0.2, 0.25) is 5.91 Å². The minimum absolute atomic E-state index is 0.302. The monoisotopic (exact) mass is 688 g/mol. The standard InChI is InChI=1S/C38H73NO9/c1-3-5-7-9-11-13-14-15-16-17-18-19-21-22-24-26-31(41)30(29-47-38-36(45)35(44)34(43)33(28-40)48-38)39-37(46)32(42)27-25-23-20-12-10-8-6-4-2/h24,26,30-36,38,40-45H,3-23,25,27-29H2,1-2H3,(H,39,46)/b26-24+. The van der Waals surface area contributed by atoms with Gasteiger partial charge in [-0.05, 0) is 19.3 Å². The van der Waals surface area contributed by atoms with Gasteiger partial charge in [0.1, 0.15) is 30.5 Å². The molecule has 10 nitrogen and oxygen atoms in total. The summed E-state index contributed by atoms with van der Waals surface area (Å²) in [7, 11) is 0. The fourth-order valence-corrected chi connectivity index (χ4v) is 6.16. The SMILES string of the molecule is CCCCCCCCCCCCCCC/C=C/C(O)C(COC1OC(CO)C(O)C(O)C1O)NC(=O)C(O)CCCCCCCCCC. The second kappa shape index (κ2) is 29.6. The Hall–Kier alpha value is -1.11. The number of carbonyl (C=O) groups excluding carboxylic acids is 1. The Morgan fingerprint density at radius 3 is 1.69 bits per heavy atom. The summed E-state index contributed by atoms with van der Waals surface area (Å²) in [6.45, 7) is 3.54. The maximum absolute atomic E-state index is 12.9. The summed E-state index contributed by atoms with van der Waals surface area (Å²) in [5, 5.41) is 64.2. The van der Waals surface area contributed by atoms with Gasteiger partial charge in [-0.3, -0.25) is 4.79 Å². The van der Waals surface area contributed by atoms with Gasteiger partial charge in [-0.25, -0.2) is 0 Å². The van der Waals surface area contributed by atoms with Crippen molar-refractivity contribution in [3.05, 3.63) is 12.2 Å². The molecule has 1 fully saturated rings. The number of rotatable bonds is 31. The van der Waals surface area contributed by atoms with Crippen molar-refractivity contribution in [3.8, 4) is 0 Å². The Morgan fingerprint density at radius 1 is 0.708 bits per heavy atom. The zero-order chi connectivity index (χ0) is 35.4. The van der Waals surface area contributed by atoms with E-state index in [1.54, 1.807) is 6.08 Å². The third kappa shape index (κ3) is 20.5. The molecule has 0 aromatic carbocycles. The molecule has 8 unspecified atom stereocenters. The predicted octanol–water partition coefficient (Wildman–Crippen LogP) is 5.58. The minimum atomic E-state index is -1.60. The first-order chi connectivity index (χ1) is 23.3. The summed E-state index contributed by atoms with van der Waals surface area (Å²) in [5.41, 5.74) is 0. The molecule has 284 valence electrons. The summed E-state index contributed by atoms with van der Waals surface area (Å²) in [4.78, 5) is 12.9. The van der Waals surface area contributed by atoms with Gasteiger partial charge in [0, 0.05) is 0 Å². The van der Waals surface area contributed by atoms with Gasteiger partial charge in [-0.2, -0.15) is 0 Å². The number of allylic oxidation sites excluding steroid dienone is 1. The molecule has 1 heterocycles. The van der Waals surface area contributed by atoms with Crippen LogP contribution in [-0.4, -0.2) is 98.7 Å². The number of hydrogen-bond acceptors (Lipinski definition) is 9. The molecule has 0 radical (unpaired) electrons. The molecule has 10 heteroatoms. The molecule has 0 aromatic heterocycles. The number of amides is 1. The smallest absolute Gasteiger partial charge is 0.249 e. The van der Waals surface area contributed by atoms with Gasteiger partial charge >= 0.3 is 0 Å². The quantitative estimate of drug-likeness (QED) is 0.0364. The summed E-state index contributed by atoms with van der Waals surface area (Å²) >= 11 is 0. The molecular weight excluding hydrogens is 614 g/mol. The van der Waals surface area contributed by atoms with Crippen LogP contribution in [0.2, 0.25) is 0 Å². The maximum atomic E-state index is 12.9. The van der Waals surface area contributed by atoms with E-state index in [0.29, 0.717) is 6.42 Å². The highest BCUT2D eigenvalue weighted by molar-refractivity contribution is 5.80. The van der Waals surface area contributed by atoms with E-state index in [-0.39, 0.29) is 6.61 Å². The highest BCUT2D eigenvalue weighted by atomic mass is 16.7. The minimum Gasteiger partial charge on any atom is -0.394 e. The van der Waals surface area contributed by atoms with Crippen LogP contribution in [0.5, 0.6) is 0 Å². The molecule has 0 spiro atoms. The molecule has 1 aliphatic heterocycles. The topological polar surface area (TPSA) is 169 Å². The number of aliphatic hydroxyl groups is 6. The Labute approximate surface area is 291 Å². The number of hydrogen-bond donors (Lipinski definition) is 7. The lowest BCUT2D eigenvalue weighted by molar-refractivity contribution is -0.302. The lowest BCUT2D eigenvalue weighted by Gasteiger charge is -2.40. The summed E-state index contributed by atoms with van der Waals surface area (Å²) in [6, 6.07) is -0.971. The number of ether oxygens (including phenoxy) is 2. The molecule has 1 amide bonds. The number of aliphatic hydroxyl groups excluding tert-OH is 6. The van der Waals surface area contributed by atoms with Crippen molar-refractivity contribution >= 4 is 5.91 Å². The van der Waals surface area contributed by atoms with Crippen LogP contribution in [-0.2, 0) is 14.3 Å². The molecule has 1 rings (SSSR count). The van der Waals surface area contributed by atoms with Crippen molar-refractivity contribution in [1.82, 2.24) is 5.32 Å². The van der Waals surface area contributed by atoms with Crippen molar-refractivity contribution in [1.29, 1.82) is 0 Å². The van der Waals surface area contributed by atoms with Crippen LogP contribution in [0, 0.1) is 0 Å². The summed E-state index contributed by atoms with van der Waals surface area (Å²) < 4.78 is 11.1. The zero-order valence-electron chi connectivity index (χ0n) is 30.4. The lowest BCUT2D eigenvalue weighted by Crippen LogP contribution is -2.60. The third-order valence-corrected chi connectivity index (χ3v) is 9.47.